The summed E-state index contributed by atoms with van der Waals surface area (Å²) in [7, 11) is 0. The fourth-order valence-electron chi connectivity index (χ4n) is 1.48. The Morgan fingerprint density at radius 1 is 1.33 bits per heavy atom. The van der Waals surface area contributed by atoms with Crippen molar-refractivity contribution in [2.24, 2.45) is 21.7 Å². The second-order valence-corrected chi connectivity index (χ2v) is 3.18. The minimum atomic E-state index is -0.661. The van der Waals surface area contributed by atoms with E-state index >= 15 is 0 Å². The third kappa shape index (κ3) is 1.47. The van der Waals surface area contributed by atoms with Crippen molar-refractivity contribution in [1.29, 1.82) is 0 Å². The number of hydrogen-bond acceptors (Lipinski definition) is 4. The van der Waals surface area contributed by atoms with Gasteiger partial charge in [-0.3, -0.25) is 4.79 Å². The van der Waals surface area contributed by atoms with Crippen LogP contribution in [0.15, 0.2) is 22.0 Å². The van der Waals surface area contributed by atoms with Crippen molar-refractivity contribution >= 4 is 23.4 Å². The Morgan fingerprint density at radius 2 is 2.07 bits per heavy atom. The minimum absolute atomic E-state index is 0.0796. The zero-order valence-corrected chi connectivity index (χ0v) is 7.80. The molecule has 2 aliphatic rings. The van der Waals surface area contributed by atoms with E-state index < -0.39 is 11.9 Å². The van der Waals surface area contributed by atoms with Gasteiger partial charge in [-0.05, 0) is 0 Å². The lowest BCUT2D eigenvalue weighted by Crippen LogP contribution is -2.38. The van der Waals surface area contributed by atoms with Gasteiger partial charge in [-0.2, -0.15) is 5.10 Å². The number of carbonyl (C=O) groups is 2. The van der Waals surface area contributed by atoms with Gasteiger partial charge in [-0.15, -0.1) is 5.10 Å². The van der Waals surface area contributed by atoms with Gasteiger partial charge in [0, 0.05) is 24.7 Å². The van der Waals surface area contributed by atoms with Crippen LogP contribution in [-0.2, 0) is 4.79 Å². The van der Waals surface area contributed by atoms with Gasteiger partial charge < -0.3 is 16.4 Å². The summed E-state index contributed by atoms with van der Waals surface area (Å²) >= 11 is 0. The number of fused-ring (bicyclic) bond motifs is 1. The number of nitrogens with zero attached hydrogens (tertiary/aromatic N) is 3. The molecule has 0 fully saturated rings. The highest BCUT2D eigenvalue weighted by Crippen LogP contribution is 2.19. The first-order chi connectivity index (χ1) is 7.09. The molecule has 2 aliphatic heterocycles. The molecule has 7 heteroatoms. The van der Waals surface area contributed by atoms with Crippen molar-refractivity contribution in [3.8, 4) is 0 Å². The second kappa shape index (κ2) is 3.19. The van der Waals surface area contributed by atoms with Crippen LogP contribution in [0.5, 0.6) is 0 Å². The van der Waals surface area contributed by atoms with Gasteiger partial charge in [-0.1, -0.05) is 0 Å². The normalized spacial score (nSPS) is 18.9. The van der Waals surface area contributed by atoms with E-state index in [1.54, 1.807) is 0 Å². The zero-order valence-electron chi connectivity index (χ0n) is 7.80. The lowest BCUT2D eigenvalue weighted by atomic mass is 10.0. The molecule has 2 heterocycles. The zero-order chi connectivity index (χ0) is 11.0. The van der Waals surface area contributed by atoms with Crippen molar-refractivity contribution in [1.82, 2.24) is 4.90 Å². The van der Waals surface area contributed by atoms with Gasteiger partial charge in [-0.25, -0.2) is 4.79 Å². The number of nitrogens with two attached hydrogens (primary N) is 2. The summed E-state index contributed by atoms with van der Waals surface area (Å²) in [5.74, 6) is -0.661. The molecule has 4 N–H and O–H groups in total. The smallest absolute Gasteiger partial charge is 0.318 e. The molecule has 0 saturated carbocycles. The van der Waals surface area contributed by atoms with Crippen LogP contribution in [0.3, 0.4) is 0 Å². The molecule has 78 valence electrons. The third-order valence-corrected chi connectivity index (χ3v) is 2.23. The molecular weight excluding hydrogens is 198 g/mol. The summed E-state index contributed by atoms with van der Waals surface area (Å²) in [5.41, 5.74) is 11.5. The topological polar surface area (TPSA) is 114 Å². The average Bonchev–Trinajstić information content (AvgIpc) is 2.59. The summed E-state index contributed by atoms with van der Waals surface area (Å²) in [5, 5.41) is 7.47. The van der Waals surface area contributed by atoms with Gasteiger partial charge >= 0.3 is 6.03 Å². The van der Waals surface area contributed by atoms with E-state index in [0.29, 0.717) is 24.3 Å². The van der Waals surface area contributed by atoms with Gasteiger partial charge in [0.2, 0.25) is 0 Å². The molecule has 2 rings (SSSR count). The number of amides is 3. The van der Waals surface area contributed by atoms with E-state index in [9.17, 15) is 9.59 Å². The number of urea groups is 1. The Bertz CT molecular complexity index is 434. The maximum Gasteiger partial charge on any atom is 0.318 e. The summed E-state index contributed by atoms with van der Waals surface area (Å²) in [6, 6.07) is -0.572. The fraction of sp³-hybridized carbons (Fsp3) is 0.250. The van der Waals surface area contributed by atoms with Crippen LogP contribution in [-0.4, -0.2) is 34.8 Å². The quantitative estimate of drug-likeness (QED) is 0.571. The second-order valence-electron chi connectivity index (χ2n) is 3.18. The summed E-state index contributed by atoms with van der Waals surface area (Å²) < 4.78 is 0. The van der Waals surface area contributed by atoms with Crippen LogP contribution < -0.4 is 11.5 Å². The van der Waals surface area contributed by atoms with Crippen molar-refractivity contribution in [2.75, 3.05) is 6.54 Å². The number of hydrogen-bond donors (Lipinski definition) is 2. The number of carbonyl (C=O) groups excluding carboxylic acids is 2. The Balaban J connectivity index is 2.34. The lowest BCUT2D eigenvalue weighted by Gasteiger charge is -2.21. The van der Waals surface area contributed by atoms with Gasteiger partial charge in [0.25, 0.3) is 5.91 Å². The largest absolute Gasteiger partial charge is 0.364 e. The highest BCUT2D eigenvalue weighted by molar-refractivity contribution is 6.52. The highest BCUT2D eigenvalue weighted by Gasteiger charge is 2.29. The number of rotatable bonds is 1. The van der Waals surface area contributed by atoms with E-state index in [0.717, 1.165) is 0 Å². The first-order valence-corrected chi connectivity index (χ1v) is 4.32. The van der Waals surface area contributed by atoms with Crippen LogP contribution in [0.25, 0.3) is 0 Å². The maximum atomic E-state index is 11.0. The molecule has 0 saturated heterocycles. The summed E-state index contributed by atoms with van der Waals surface area (Å²) in [4.78, 5) is 23.2. The molecule has 0 bridgehead atoms. The summed E-state index contributed by atoms with van der Waals surface area (Å²) in [6.45, 7) is 0.444. The van der Waals surface area contributed by atoms with E-state index in [1.165, 1.54) is 11.1 Å². The van der Waals surface area contributed by atoms with Crippen LogP contribution in [0, 0.1) is 0 Å². The van der Waals surface area contributed by atoms with E-state index in [1.807, 2.05) is 0 Å². The minimum Gasteiger partial charge on any atom is -0.364 e. The molecule has 0 aromatic heterocycles. The first kappa shape index (κ1) is 9.38. The molecule has 0 aromatic carbocycles. The van der Waals surface area contributed by atoms with E-state index in [4.69, 9.17) is 11.5 Å². The molecule has 7 nitrogen and oxygen atoms in total. The van der Waals surface area contributed by atoms with E-state index in [2.05, 4.69) is 10.2 Å². The highest BCUT2D eigenvalue weighted by atomic mass is 16.2. The van der Waals surface area contributed by atoms with Crippen molar-refractivity contribution in [3.05, 3.63) is 11.8 Å². The molecule has 0 aromatic rings. The van der Waals surface area contributed by atoms with Crippen LogP contribution >= 0.6 is 0 Å². The molecule has 0 aliphatic carbocycles. The van der Waals surface area contributed by atoms with Crippen LogP contribution in [0.2, 0.25) is 0 Å². The Morgan fingerprint density at radius 3 is 2.67 bits per heavy atom. The van der Waals surface area contributed by atoms with Gasteiger partial charge in [0.15, 0.2) is 5.71 Å². The molecule has 0 radical (unpaired) electrons. The van der Waals surface area contributed by atoms with Crippen LogP contribution in [0.4, 0.5) is 4.79 Å². The Labute approximate surface area is 85.1 Å². The van der Waals surface area contributed by atoms with Gasteiger partial charge in [0.1, 0.15) is 0 Å². The predicted molar refractivity (Wildman–Crippen MR) is 53.1 cm³/mol. The Hall–Kier alpha value is -2.18. The van der Waals surface area contributed by atoms with E-state index in [-0.39, 0.29) is 5.71 Å². The number of primary amides is 2. The molecule has 15 heavy (non-hydrogen) atoms. The predicted octanol–water partition coefficient (Wildman–Crippen LogP) is -1.05. The van der Waals surface area contributed by atoms with Crippen molar-refractivity contribution in [3.63, 3.8) is 0 Å². The van der Waals surface area contributed by atoms with Crippen molar-refractivity contribution < 1.29 is 9.59 Å². The molecule has 0 unspecified atom stereocenters. The SMILES string of the molecule is NC(=O)C1=NN=C2CCN(C(N)=O)C=C21. The average molecular weight is 207 g/mol. The standard InChI is InChI=1S/C8H9N5O2/c9-7(14)6-4-3-13(8(10)15)2-1-5(4)11-12-6/h3H,1-2H2,(H2,9,14)(H2,10,15). The first-order valence-electron chi connectivity index (χ1n) is 4.32. The summed E-state index contributed by atoms with van der Waals surface area (Å²) in [6.07, 6.45) is 1.98. The molecule has 0 spiro atoms. The lowest BCUT2D eigenvalue weighted by molar-refractivity contribution is -0.111. The van der Waals surface area contributed by atoms with Gasteiger partial charge in [0.05, 0.1) is 5.71 Å². The monoisotopic (exact) mass is 207 g/mol. The molecular formula is C8H9N5O2. The fourth-order valence-corrected chi connectivity index (χ4v) is 1.48. The molecule has 0 atom stereocenters. The maximum absolute atomic E-state index is 11.0. The molecule has 3 amide bonds. The van der Waals surface area contributed by atoms with Crippen molar-refractivity contribution in [2.45, 2.75) is 6.42 Å². The third-order valence-electron chi connectivity index (χ3n) is 2.23. The Kier molecular flexibility index (Phi) is 2.00. The van der Waals surface area contributed by atoms with Crippen LogP contribution in [0.1, 0.15) is 6.42 Å².